The Kier molecular flexibility index (Phi) is 6.54. The van der Waals surface area contributed by atoms with Gasteiger partial charge in [-0.2, -0.15) is 0 Å². The highest BCUT2D eigenvalue weighted by molar-refractivity contribution is 5.99. The third kappa shape index (κ3) is 6.27. The summed E-state index contributed by atoms with van der Waals surface area (Å²) in [5.74, 6) is -0.0769. The van der Waals surface area contributed by atoms with Gasteiger partial charge in [-0.15, -0.1) is 0 Å². The summed E-state index contributed by atoms with van der Waals surface area (Å²) < 4.78 is 0. The lowest BCUT2D eigenvalue weighted by atomic mass is 10.1. The highest BCUT2D eigenvalue weighted by Crippen LogP contribution is 2.16. The molecule has 2 atom stereocenters. The maximum absolute atomic E-state index is 12.0. The fraction of sp³-hybridized carbons (Fsp3) is 0.263. The second-order valence-electron chi connectivity index (χ2n) is 6.04. The molecule has 0 bridgehead atoms. The molecule has 0 aliphatic heterocycles. The topological polar surface area (TPSA) is 96.2 Å². The van der Waals surface area contributed by atoms with Crippen LogP contribution in [0, 0.1) is 0 Å². The van der Waals surface area contributed by atoms with Gasteiger partial charge in [0.1, 0.15) is 0 Å². The predicted octanol–water partition coefficient (Wildman–Crippen LogP) is 3.25. The summed E-state index contributed by atoms with van der Waals surface area (Å²) in [7, 11) is 0. The molecule has 6 heteroatoms. The zero-order valence-corrected chi connectivity index (χ0v) is 14.5. The van der Waals surface area contributed by atoms with E-state index in [0.717, 1.165) is 11.3 Å². The molecule has 0 heterocycles. The first-order valence-electron chi connectivity index (χ1n) is 8.22. The maximum Gasteiger partial charge on any atom is 0.323 e. The Hall–Kier alpha value is -2.86. The molecule has 0 saturated heterocycles. The van der Waals surface area contributed by atoms with Crippen LogP contribution in [-0.4, -0.2) is 18.0 Å². The third-order valence-corrected chi connectivity index (χ3v) is 3.59. The Morgan fingerprint density at radius 2 is 1.48 bits per heavy atom. The summed E-state index contributed by atoms with van der Waals surface area (Å²) in [6.07, 6.45) is 0.295. The lowest BCUT2D eigenvalue weighted by molar-refractivity contribution is -0.122. The molecule has 6 nitrogen and oxygen atoms in total. The molecule has 3 amide bonds. The van der Waals surface area contributed by atoms with E-state index in [4.69, 9.17) is 5.73 Å². The van der Waals surface area contributed by atoms with Crippen molar-refractivity contribution in [2.24, 2.45) is 5.73 Å². The average molecular weight is 340 g/mol. The first kappa shape index (κ1) is 18.5. The number of benzene rings is 2. The van der Waals surface area contributed by atoms with Crippen molar-refractivity contribution in [3.05, 3.63) is 60.2 Å². The van der Waals surface area contributed by atoms with Crippen LogP contribution in [-0.2, 0) is 4.79 Å². The molecule has 0 radical (unpaired) electrons. The number of carbonyl (C=O) groups is 2. The fourth-order valence-corrected chi connectivity index (χ4v) is 2.35. The van der Waals surface area contributed by atoms with Gasteiger partial charge in [-0.25, -0.2) is 4.79 Å². The molecular formula is C19H24N4O2. The number of nitrogens with two attached hydrogens (primary N) is 1. The lowest BCUT2D eigenvalue weighted by Crippen LogP contribution is -2.31. The van der Waals surface area contributed by atoms with Gasteiger partial charge in [0.2, 0.25) is 5.91 Å². The summed E-state index contributed by atoms with van der Waals surface area (Å²) in [5, 5.41) is 8.42. The van der Waals surface area contributed by atoms with Crippen molar-refractivity contribution >= 4 is 23.3 Å². The third-order valence-electron chi connectivity index (χ3n) is 3.59. The zero-order valence-electron chi connectivity index (χ0n) is 14.5. The number of nitrogens with one attached hydrogen (secondary N) is 3. The molecule has 0 fully saturated rings. The molecule has 5 N–H and O–H groups in total. The largest absolute Gasteiger partial charge is 0.350 e. The van der Waals surface area contributed by atoms with Crippen LogP contribution in [0.15, 0.2) is 54.6 Å². The Labute approximate surface area is 147 Å². The van der Waals surface area contributed by atoms with E-state index in [9.17, 15) is 9.59 Å². The molecule has 0 aliphatic carbocycles. The first-order valence-corrected chi connectivity index (χ1v) is 8.22. The minimum absolute atomic E-state index is 0.0769. The molecule has 2 aromatic carbocycles. The van der Waals surface area contributed by atoms with Gasteiger partial charge in [0.15, 0.2) is 0 Å². The van der Waals surface area contributed by atoms with Crippen LogP contribution >= 0.6 is 0 Å². The van der Waals surface area contributed by atoms with Crippen molar-refractivity contribution < 1.29 is 9.59 Å². The molecule has 2 aromatic rings. The summed E-state index contributed by atoms with van der Waals surface area (Å²) in [6, 6.07) is 16.0. The summed E-state index contributed by atoms with van der Waals surface area (Å²) >= 11 is 0. The average Bonchev–Trinajstić information content (AvgIpc) is 2.55. The Bertz CT molecular complexity index is 699. The van der Waals surface area contributed by atoms with Gasteiger partial charge in [0.05, 0.1) is 6.04 Å². The van der Waals surface area contributed by atoms with E-state index >= 15 is 0 Å². The van der Waals surface area contributed by atoms with Gasteiger partial charge < -0.3 is 21.7 Å². The van der Waals surface area contributed by atoms with Gasteiger partial charge in [-0.3, -0.25) is 4.79 Å². The van der Waals surface area contributed by atoms with Gasteiger partial charge in [-0.1, -0.05) is 30.3 Å². The van der Waals surface area contributed by atoms with Crippen molar-refractivity contribution in [2.75, 3.05) is 10.6 Å². The predicted molar refractivity (Wildman–Crippen MR) is 100 cm³/mol. The highest BCUT2D eigenvalue weighted by atomic mass is 16.2. The summed E-state index contributed by atoms with van der Waals surface area (Å²) in [5.41, 5.74) is 7.97. The lowest BCUT2D eigenvalue weighted by Gasteiger charge is -2.16. The van der Waals surface area contributed by atoms with Gasteiger partial charge in [0.25, 0.3) is 0 Å². The molecule has 0 spiro atoms. The Morgan fingerprint density at radius 1 is 0.920 bits per heavy atom. The van der Waals surface area contributed by atoms with Crippen LogP contribution in [0.25, 0.3) is 0 Å². The number of amides is 3. The molecule has 0 aromatic heterocycles. The quantitative estimate of drug-likeness (QED) is 0.650. The first-order chi connectivity index (χ1) is 11.9. The van der Waals surface area contributed by atoms with Gasteiger partial charge in [-0.05, 0) is 43.7 Å². The Balaban J connectivity index is 1.88. The fourth-order valence-electron chi connectivity index (χ4n) is 2.35. The number of carbonyl (C=O) groups excluding carboxylic acids is 2. The SMILES string of the molecule is CC(N)CC(=O)NC(C)c1ccc(NC(=O)Nc2ccccc2)cc1. The maximum atomic E-state index is 12.0. The normalized spacial score (nSPS) is 12.8. The summed E-state index contributed by atoms with van der Waals surface area (Å²) in [6.45, 7) is 3.70. The Morgan fingerprint density at radius 3 is 2.04 bits per heavy atom. The van der Waals surface area contributed by atoms with Crippen LogP contribution in [0.1, 0.15) is 31.9 Å². The zero-order chi connectivity index (χ0) is 18.2. The van der Waals surface area contributed by atoms with E-state index in [-0.39, 0.29) is 24.0 Å². The van der Waals surface area contributed by atoms with Crippen LogP contribution in [0.3, 0.4) is 0 Å². The molecule has 132 valence electrons. The van der Waals surface area contributed by atoms with Crippen molar-refractivity contribution in [3.63, 3.8) is 0 Å². The van der Waals surface area contributed by atoms with Crippen LogP contribution in [0.5, 0.6) is 0 Å². The standard InChI is InChI=1S/C19H24N4O2/c1-13(20)12-18(24)21-14(2)15-8-10-17(11-9-15)23-19(25)22-16-6-4-3-5-7-16/h3-11,13-14H,12,20H2,1-2H3,(H,21,24)(H2,22,23,25). The number of anilines is 2. The van der Waals surface area contributed by atoms with Crippen molar-refractivity contribution in [3.8, 4) is 0 Å². The van der Waals surface area contributed by atoms with Gasteiger partial charge >= 0.3 is 6.03 Å². The van der Waals surface area contributed by atoms with Gasteiger partial charge in [0, 0.05) is 23.8 Å². The van der Waals surface area contributed by atoms with E-state index in [1.807, 2.05) is 49.4 Å². The van der Waals surface area contributed by atoms with Crippen molar-refractivity contribution in [1.29, 1.82) is 0 Å². The minimum atomic E-state index is -0.308. The highest BCUT2D eigenvalue weighted by Gasteiger charge is 2.11. The second-order valence-corrected chi connectivity index (χ2v) is 6.04. The second kappa shape index (κ2) is 8.84. The molecule has 25 heavy (non-hydrogen) atoms. The monoisotopic (exact) mass is 340 g/mol. The van der Waals surface area contributed by atoms with Crippen molar-refractivity contribution in [2.45, 2.75) is 32.4 Å². The van der Waals surface area contributed by atoms with Crippen molar-refractivity contribution in [1.82, 2.24) is 5.32 Å². The van der Waals surface area contributed by atoms with E-state index in [2.05, 4.69) is 16.0 Å². The van der Waals surface area contributed by atoms with E-state index in [0.29, 0.717) is 12.1 Å². The smallest absolute Gasteiger partial charge is 0.323 e. The molecule has 0 saturated carbocycles. The number of hydrogen-bond donors (Lipinski definition) is 4. The molecule has 0 aliphatic rings. The number of rotatable bonds is 6. The molecule has 2 unspecified atom stereocenters. The number of para-hydroxylation sites is 1. The molecule has 2 rings (SSSR count). The van der Waals surface area contributed by atoms with Crippen LogP contribution < -0.4 is 21.7 Å². The number of hydrogen-bond acceptors (Lipinski definition) is 3. The van der Waals surface area contributed by atoms with E-state index < -0.39 is 0 Å². The van der Waals surface area contributed by atoms with Crippen LogP contribution in [0.2, 0.25) is 0 Å². The summed E-state index contributed by atoms with van der Waals surface area (Å²) in [4.78, 5) is 23.7. The number of urea groups is 1. The molecular weight excluding hydrogens is 316 g/mol. The minimum Gasteiger partial charge on any atom is -0.350 e. The van der Waals surface area contributed by atoms with E-state index in [1.165, 1.54) is 0 Å². The van der Waals surface area contributed by atoms with Crippen LogP contribution in [0.4, 0.5) is 16.2 Å². The van der Waals surface area contributed by atoms with E-state index in [1.54, 1.807) is 19.1 Å².